The van der Waals surface area contributed by atoms with E-state index in [4.69, 9.17) is 4.74 Å². The van der Waals surface area contributed by atoms with Gasteiger partial charge in [-0.15, -0.1) is 11.3 Å². The molecule has 1 aromatic carbocycles. The highest BCUT2D eigenvalue weighted by Gasteiger charge is 2.20. The summed E-state index contributed by atoms with van der Waals surface area (Å²) in [6, 6.07) is 7.33. The van der Waals surface area contributed by atoms with E-state index >= 15 is 0 Å². The minimum absolute atomic E-state index is 0.130. The number of aryl methyl sites for hydroxylation is 1. The maximum Gasteiger partial charge on any atom is 0.257 e. The number of nitrogens with one attached hydrogen (secondary N) is 1. The van der Waals surface area contributed by atoms with Crippen LogP contribution in [0, 0.1) is 5.92 Å². The molecule has 1 amide bonds. The Morgan fingerprint density at radius 3 is 3.17 bits per heavy atom. The molecule has 1 atom stereocenters. The zero-order valence-corrected chi connectivity index (χ0v) is 15.1. The van der Waals surface area contributed by atoms with Gasteiger partial charge in [-0.3, -0.25) is 10.1 Å². The van der Waals surface area contributed by atoms with Crippen LogP contribution < -0.4 is 10.1 Å². The van der Waals surface area contributed by atoms with Crippen molar-refractivity contribution in [3.63, 3.8) is 0 Å². The molecule has 0 fully saturated rings. The van der Waals surface area contributed by atoms with Gasteiger partial charge >= 0.3 is 0 Å². The third kappa shape index (κ3) is 4.15. The number of unbranched alkanes of at least 4 members (excludes halogenated alkanes) is 1. The fourth-order valence-corrected chi connectivity index (χ4v) is 3.99. The molecular weight excluding hydrogens is 320 g/mol. The number of carbonyl (C=O) groups is 1. The van der Waals surface area contributed by atoms with Crippen molar-refractivity contribution in [2.24, 2.45) is 5.92 Å². The van der Waals surface area contributed by atoms with Gasteiger partial charge in [0.15, 0.2) is 5.13 Å². The molecule has 24 heavy (non-hydrogen) atoms. The lowest BCUT2D eigenvalue weighted by Gasteiger charge is -2.15. The van der Waals surface area contributed by atoms with Gasteiger partial charge in [-0.25, -0.2) is 4.98 Å². The number of hydrogen-bond donors (Lipinski definition) is 1. The van der Waals surface area contributed by atoms with E-state index in [-0.39, 0.29) is 5.91 Å². The molecule has 2 aromatic rings. The third-order valence-corrected chi connectivity index (χ3v) is 5.30. The highest BCUT2D eigenvalue weighted by Crippen LogP contribution is 2.32. The number of benzene rings is 1. The molecule has 4 nitrogen and oxygen atoms in total. The first kappa shape index (κ1) is 17.0. The summed E-state index contributed by atoms with van der Waals surface area (Å²) in [5, 5.41) is 3.64. The van der Waals surface area contributed by atoms with Crippen molar-refractivity contribution in [1.29, 1.82) is 0 Å². The molecule has 1 heterocycles. The Labute approximate surface area is 147 Å². The van der Waals surface area contributed by atoms with Crippen LogP contribution in [0.25, 0.3) is 0 Å². The minimum Gasteiger partial charge on any atom is -0.494 e. The first-order valence-corrected chi connectivity index (χ1v) is 9.50. The number of amides is 1. The number of ether oxygens (including phenoxy) is 1. The molecule has 0 bridgehead atoms. The van der Waals surface area contributed by atoms with Crippen LogP contribution in [0.5, 0.6) is 5.75 Å². The van der Waals surface area contributed by atoms with Crippen molar-refractivity contribution in [1.82, 2.24) is 4.98 Å². The molecule has 0 saturated heterocycles. The molecule has 1 N–H and O–H groups in total. The van der Waals surface area contributed by atoms with Crippen molar-refractivity contribution in [3.05, 3.63) is 40.4 Å². The summed E-state index contributed by atoms with van der Waals surface area (Å²) in [7, 11) is 0. The maximum atomic E-state index is 12.5. The van der Waals surface area contributed by atoms with Crippen molar-refractivity contribution < 1.29 is 9.53 Å². The molecule has 0 radical (unpaired) electrons. The van der Waals surface area contributed by atoms with Crippen molar-refractivity contribution >= 4 is 22.4 Å². The highest BCUT2D eigenvalue weighted by atomic mass is 32.1. The van der Waals surface area contributed by atoms with Crippen LogP contribution in [0.15, 0.2) is 24.3 Å². The second kappa shape index (κ2) is 7.79. The Kier molecular flexibility index (Phi) is 5.51. The van der Waals surface area contributed by atoms with E-state index < -0.39 is 0 Å². The van der Waals surface area contributed by atoms with Gasteiger partial charge in [0.05, 0.1) is 12.3 Å². The number of fused-ring (bicyclic) bond motifs is 1. The number of aromatic nitrogens is 1. The lowest BCUT2D eigenvalue weighted by molar-refractivity contribution is 0.102. The predicted octanol–water partition coefficient (Wildman–Crippen LogP) is 4.70. The number of carbonyl (C=O) groups excluding carboxylic acids is 1. The largest absolute Gasteiger partial charge is 0.494 e. The predicted molar refractivity (Wildman–Crippen MR) is 98.1 cm³/mol. The fraction of sp³-hybridized carbons (Fsp3) is 0.474. The molecule has 1 aromatic heterocycles. The van der Waals surface area contributed by atoms with E-state index in [0.29, 0.717) is 23.2 Å². The molecule has 1 aliphatic carbocycles. The van der Waals surface area contributed by atoms with Crippen LogP contribution >= 0.6 is 11.3 Å². The van der Waals surface area contributed by atoms with Gasteiger partial charge in [0.2, 0.25) is 0 Å². The van der Waals surface area contributed by atoms with Crippen LogP contribution in [0.3, 0.4) is 0 Å². The standard InChI is InChI=1S/C19H24N2O2S/c1-3-4-10-23-15-7-5-6-14(12-15)18(22)21-19-20-16-9-8-13(2)11-17(16)24-19/h5-7,12-13H,3-4,8-11H2,1-2H3,(H,20,21,22)/t13-/m0/s1. The Balaban J connectivity index is 1.65. The number of thiazole rings is 1. The highest BCUT2D eigenvalue weighted by molar-refractivity contribution is 7.15. The topological polar surface area (TPSA) is 51.2 Å². The van der Waals surface area contributed by atoms with Crippen LogP contribution in [0.1, 0.15) is 54.0 Å². The maximum absolute atomic E-state index is 12.5. The summed E-state index contributed by atoms with van der Waals surface area (Å²) in [5.74, 6) is 1.32. The van der Waals surface area contributed by atoms with Crippen molar-refractivity contribution in [2.45, 2.75) is 46.0 Å². The zero-order valence-electron chi connectivity index (χ0n) is 14.3. The van der Waals surface area contributed by atoms with E-state index in [0.717, 1.165) is 37.1 Å². The molecule has 0 spiro atoms. The smallest absolute Gasteiger partial charge is 0.257 e. The molecule has 3 rings (SSSR count). The summed E-state index contributed by atoms with van der Waals surface area (Å²) in [4.78, 5) is 18.4. The Bertz CT molecular complexity index is 711. The number of rotatable bonds is 6. The van der Waals surface area contributed by atoms with Crippen LogP contribution in [-0.4, -0.2) is 17.5 Å². The Morgan fingerprint density at radius 1 is 1.46 bits per heavy atom. The molecule has 128 valence electrons. The van der Waals surface area contributed by atoms with E-state index in [1.54, 1.807) is 23.5 Å². The van der Waals surface area contributed by atoms with Crippen LogP contribution in [0.4, 0.5) is 5.13 Å². The first-order valence-electron chi connectivity index (χ1n) is 8.68. The third-order valence-electron chi connectivity index (χ3n) is 4.27. The van der Waals surface area contributed by atoms with E-state index in [2.05, 4.69) is 24.1 Å². The molecular formula is C19H24N2O2S. The number of nitrogens with zero attached hydrogens (tertiary/aromatic N) is 1. The summed E-state index contributed by atoms with van der Waals surface area (Å²) in [6.07, 6.45) is 5.38. The second-order valence-electron chi connectivity index (χ2n) is 6.42. The molecule has 5 heteroatoms. The van der Waals surface area contributed by atoms with Gasteiger partial charge in [-0.05, 0) is 49.8 Å². The Hall–Kier alpha value is -1.88. The average molecular weight is 344 g/mol. The number of hydrogen-bond acceptors (Lipinski definition) is 4. The fourth-order valence-electron chi connectivity index (χ4n) is 2.82. The van der Waals surface area contributed by atoms with Gasteiger partial charge in [-0.2, -0.15) is 0 Å². The van der Waals surface area contributed by atoms with Gasteiger partial charge in [0.1, 0.15) is 5.75 Å². The quantitative estimate of drug-likeness (QED) is 0.773. The van der Waals surface area contributed by atoms with E-state index in [1.807, 2.05) is 12.1 Å². The monoisotopic (exact) mass is 344 g/mol. The van der Waals surface area contributed by atoms with Crippen LogP contribution in [-0.2, 0) is 12.8 Å². The Morgan fingerprint density at radius 2 is 2.33 bits per heavy atom. The lowest BCUT2D eigenvalue weighted by atomic mass is 9.93. The summed E-state index contributed by atoms with van der Waals surface area (Å²) in [5.41, 5.74) is 1.76. The van der Waals surface area contributed by atoms with Gasteiger partial charge in [-0.1, -0.05) is 26.3 Å². The lowest BCUT2D eigenvalue weighted by Crippen LogP contribution is -2.12. The van der Waals surface area contributed by atoms with Crippen LogP contribution in [0.2, 0.25) is 0 Å². The van der Waals surface area contributed by atoms with Gasteiger partial charge in [0.25, 0.3) is 5.91 Å². The second-order valence-corrected chi connectivity index (χ2v) is 7.50. The van der Waals surface area contributed by atoms with E-state index in [1.165, 1.54) is 11.3 Å². The zero-order chi connectivity index (χ0) is 16.9. The SMILES string of the molecule is CCCCOc1cccc(C(=O)Nc2nc3c(s2)C[C@@H](C)CC3)c1. The van der Waals surface area contributed by atoms with Crippen molar-refractivity contribution in [3.8, 4) is 5.75 Å². The molecule has 1 aliphatic rings. The number of anilines is 1. The summed E-state index contributed by atoms with van der Waals surface area (Å²) >= 11 is 1.61. The van der Waals surface area contributed by atoms with Gasteiger partial charge in [0, 0.05) is 10.4 Å². The molecule has 0 unspecified atom stereocenters. The molecule has 0 aliphatic heterocycles. The summed E-state index contributed by atoms with van der Waals surface area (Å²) < 4.78 is 5.67. The minimum atomic E-state index is -0.130. The van der Waals surface area contributed by atoms with E-state index in [9.17, 15) is 4.79 Å². The average Bonchev–Trinajstić information content (AvgIpc) is 2.96. The van der Waals surface area contributed by atoms with Gasteiger partial charge < -0.3 is 4.74 Å². The normalized spacial score (nSPS) is 16.5. The van der Waals surface area contributed by atoms with Crippen molar-refractivity contribution in [2.75, 3.05) is 11.9 Å². The molecule has 0 saturated carbocycles. The first-order chi connectivity index (χ1) is 11.7. The summed E-state index contributed by atoms with van der Waals surface area (Å²) in [6.45, 7) is 5.07.